The maximum atomic E-state index is 11.2. The van der Waals surface area contributed by atoms with Crippen LogP contribution < -0.4 is 11.1 Å². The molecule has 0 atom stereocenters. The molecule has 80 valence electrons. The Morgan fingerprint density at radius 3 is 2.53 bits per heavy atom. The molecule has 0 radical (unpaired) electrons. The van der Waals surface area contributed by atoms with Crippen LogP contribution in [0.25, 0.3) is 0 Å². The van der Waals surface area contributed by atoms with Crippen molar-refractivity contribution >= 4 is 29.0 Å². The van der Waals surface area contributed by atoms with Gasteiger partial charge in [0.15, 0.2) is 0 Å². The molecule has 0 unspecified atom stereocenters. The molecule has 0 saturated heterocycles. The molecule has 0 fully saturated rings. The number of carbonyl (C=O) groups excluding carboxylic acids is 1. The molecule has 3 N–H and O–H groups in total. The number of amides is 1. The molecule has 1 amide bonds. The quantitative estimate of drug-likeness (QED) is 0.462. The van der Waals surface area contributed by atoms with Crippen LogP contribution in [0.15, 0.2) is 29.3 Å². The van der Waals surface area contributed by atoms with Crippen molar-refractivity contribution in [3.05, 3.63) is 29.8 Å². The Morgan fingerprint density at radius 2 is 2.07 bits per heavy atom. The van der Waals surface area contributed by atoms with E-state index < -0.39 is 0 Å². The second-order valence-electron chi connectivity index (χ2n) is 2.86. The third-order valence-corrected chi connectivity index (χ3v) is 2.04. The van der Waals surface area contributed by atoms with Crippen LogP contribution in [0.2, 0.25) is 0 Å². The lowest BCUT2D eigenvalue weighted by molar-refractivity contribution is 0.0963. The molecule has 4 nitrogen and oxygen atoms in total. The average Bonchev–Trinajstić information content (AvgIpc) is 2.29. The molecule has 0 aliphatic heterocycles. The van der Waals surface area contributed by atoms with Crippen LogP contribution in [-0.2, 0) is 0 Å². The maximum Gasteiger partial charge on any atom is 0.251 e. The number of nitrogens with zero attached hydrogens (tertiary/aromatic N) is 1. The van der Waals surface area contributed by atoms with Crippen molar-refractivity contribution in [3.8, 4) is 0 Å². The fourth-order valence-corrected chi connectivity index (χ4v) is 1.09. The Labute approximate surface area is 93.1 Å². The van der Waals surface area contributed by atoms with Gasteiger partial charge in [-0.25, -0.2) is 4.99 Å². The molecule has 1 rings (SSSR count). The molecule has 0 aliphatic rings. The summed E-state index contributed by atoms with van der Waals surface area (Å²) in [5, 5.41) is 2.53. The summed E-state index contributed by atoms with van der Waals surface area (Å²) in [6, 6.07) is 6.78. The van der Waals surface area contributed by atoms with Gasteiger partial charge in [-0.1, -0.05) is 0 Å². The Morgan fingerprint density at radius 1 is 1.47 bits per heavy atom. The Bertz CT molecular complexity index is 373. The molecule has 1 aromatic rings. The number of rotatable bonds is 3. The number of benzene rings is 1. The van der Waals surface area contributed by atoms with Gasteiger partial charge in [0.2, 0.25) is 0 Å². The molecular formula is C10H12ClN3O. The summed E-state index contributed by atoms with van der Waals surface area (Å²) in [5.41, 5.74) is 6.73. The van der Waals surface area contributed by atoms with Crippen LogP contribution in [-0.4, -0.2) is 24.7 Å². The highest BCUT2D eigenvalue weighted by atomic mass is 35.5. The van der Waals surface area contributed by atoms with Crippen molar-refractivity contribution in [2.75, 3.05) is 12.9 Å². The lowest BCUT2D eigenvalue weighted by atomic mass is 10.2. The lowest BCUT2D eigenvalue weighted by Crippen LogP contribution is -2.17. The minimum Gasteiger partial charge on any atom is -0.386 e. The molecule has 0 spiro atoms. The molecule has 0 aliphatic carbocycles. The standard InChI is InChI=1S/C10H12ClN3O/c1-13-10(15)7-2-4-8(5-3-7)14-9(12)6-11/h2-5H,6H2,1H3,(H2,12,14)(H,13,15). The van der Waals surface area contributed by atoms with Gasteiger partial charge in [0.1, 0.15) is 5.84 Å². The highest BCUT2D eigenvalue weighted by Crippen LogP contribution is 2.12. The van der Waals surface area contributed by atoms with Crippen molar-refractivity contribution in [3.63, 3.8) is 0 Å². The predicted octanol–water partition coefficient (Wildman–Crippen LogP) is 1.27. The number of halogens is 1. The number of carbonyl (C=O) groups is 1. The summed E-state index contributed by atoms with van der Waals surface area (Å²) < 4.78 is 0. The van der Waals surface area contributed by atoms with Gasteiger partial charge in [-0.05, 0) is 24.3 Å². The van der Waals surface area contributed by atoms with Gasteiger partial charge in [0.05, 0.1) is 11.6 Å². The third-order valence-electron chi connectivity index (χ3n) is 1.77. The predicted molar refractivity (Wildman–Crippen MR) is 61.8 cm³/mol. The SMILES string of the molecule is CNC(=O)c1ccc(N=C(N)CCl)cc1. The van der Waals surface area contributed by atoms with Crippen molar-refractivity contribution in [1.82, 2.24) is 5.32 Å². The molecule has 0 aromatic heterocycles. The van der Waals surface area contributed by atoms with Gasteiger partial charge < -0.3 is 11.1 Å². The Kier molecular flexibility index (Phi) is 4.12. The van der Waals surface area contributed by atoms with E-state index in [9.17, 15) is 4.79 Å². The fraction of sp³-hybridized carbons (Fsp3) is 0.200. The summed E-state index contributed by atoms with van der Waals surface area (Å²) in [6.45, 7) is 0. The lowest BCUT2D eigenvalue weighted by Gasteiger charge is -2.00. The van der Waals surface area contributed by atoms with E-state index in [0.29, 0.717) is 17.1 Å². The number of nitrogens with two attached hydrogens (primary N) is 1. The first kappa shape index (κ1) is 11.5. The molecule has 0 heterocycles. The number of alkyl halides is 1. The minimum atomic E-state index is -0.129. The van der Waals surface area contributed by atoms with Gasteiger partial charge in [-0.3, -0.25) is 4.79 Å². The summed E-state index contributed by atoms with van der Waals surface area (Å²) in [6.07, 6.45) is 0. The van der Waals surface area contributed by atoms with Crippen LogP contribution in [0.4, 0.5) is 5.69 Å². The fourth-order valence-electron chi connectivity index (χ4n) is 1.03. The van der Waals surface area contributed by atoms with E-state index >= 15 is 0 Å². The summed E-state index contributed by atoms with van der Waals surface area (Å²) in [4.78, 5) is 15.2. The zero-order valence-corrected chi connectivity index (χ0v) is 9.08. The van der Waals surface area contributed by atoms with E-state index in [4.69, 9.17) is 17.3 Å². The first-order valence-electron chi connectivity index (χ1n) is 4.38. The van der Waals surface area contributed by atoms with Gasteiger partial charge in [0, 0.05) is 12.6 Å². The molecule has 0 saturated carbocycles. The summed E-state index contributed by atoms with van der Waals surface area (Å²) in [7, 11) is 1.58. The van der Waals surface area contributed by atoms with E-state index in [-0.39, 0.29) is 11.8 Å². The van der Waals surface area contributed by atoms with E-state index in [1.165, 1.54) is 0 Å². The first-order valence-corrected chi connectivity index (χ1v) is 4.92. The van der Waals surface area contributed by atoms with Crippen LogP contribution in [0.5, 0.6) is 0 Å². The third kappa shape index (κ3) is 3.25. The van der Waals surface area contributed by atoms with Crippen LogP contribution >= 0.6 is 11.6 Å². The molecule has 0 bridgehead atoms. The largest absolute Gasteiger partial charge is 0.386 e. The topological polar surface area (TPSA) is 67.5 Å². The van der Waals surface area contributed by atoms with Gasteiger partial charge in [-0.2, -0.15) is 0 Å². The molecular weight excluding hydrogens is 214 g/mol. The highest BCUT2D eigenvalue weighted by Gasteiger charge is 2.01. The average molecular weight is 226 g/mol. The number of hydrogen-bond acceptors (Lipinski definition) is 2. The number of aliphatic imine (C=N–C) groups is 1. The molecule has 15 heavy (non-hydrogen) atoms. The van der Waals surface area contributed by atoms with Crippen molar-refractivity contribution in [2.24, 2.45) is 10.7 Å². The van der Waals surface area contributed by atoms with Crippen LogP contribution in [0, 0.1) is 0 Å². The monoisotopic (exact) mass is 225 g/mol. The number of nitrogens with one attached hydrogen (secondary N) is 1. The smallest absolute Gasteiger partial charge is 0.251 e. The maximum absolute atomic E-state index is 11.2. The Hall–Kier alpha value is -1.55. The van der Waals surface area contributed by atoms with Crippen molar-refractivity contribution < 1.29 is 4.79 Å². The highest BCUT2D eigenvalue weighted by molar-refractivity contribution is 6.28. The second kappa shape index (κ2) is 5.36. The van der Waals surface area contributed by atoms with E-state index in [2.05, 4.69) is 10.3 Å². The minimum absolute atomic E-state index is 0.129. The number of amidine groups is 1. The zero-order valence-electron chi connectivity index (χ0n) is 8.33. The van der Waals surface area contributed by atoms with Crippen LogP contribution in [0.3, 0.4) is 0 Å². The summed E-state index contributed by atoms with van der Waals surface area (Å²) >= 11 is 5.49. The first-order chi connectivity index (χ1) is 7.17. The summed E-state index contributed by atoms with van der Waals surface area (Å²) in [5.74, 6) is 0.414. The van der Waals surface area contributed by atoms with Gasteiger partial charge >= 0.3 is 0 Å². The zero-order chi connectivity index (χ0) is 11.3. The number of hydrogen-bond donors (Lipinski definition) is 2. The second-order valence-corrected chi connectivity index (χ2v) is 3.13. The van der Waals surface area contributed by atoms with Gasteiger partial charge in [-0.15, -0.1) is 11.6 Å². The van der Waals surface area contributed by atoms with Crippen LogP contribution in [0.1, 0.15) is 10.4 Å². The normalized spacial score (nSPS) is 11.2. The van der Waals surface area contributed by atoms with Crippen molar-refractivity contribution in [2.45, 2.75) is 0 Å². The Balaban J connectivity index is 2.86. The van der Waals surface area contributed by atoms with E-state index in [1.807, 2.05) is 0 Å². The van der Waals surface area contributed by atoms with E-state index in [0.717, 1.165) is 0 Å². The van der Waals surface area contributed by atoms with E-state index in [1.54, 1.807) is 31.3 Å². The van der Waals surface area contributed by atoms with Gasteiger partial charge in [0.25, 0.3) is 5.91 Å². The molecule has 1 aromatic carbocycles. The molecule has 5 heteroatoms. The van der Waals surface area contributed by atoms with Crippen molar-refractivity contribution in [1.29, 1.82) is 0 Å².